The highest BCUT2D eigenvalue weighted by Crippen LogP contribution is 2.33. The van der Waals surface area contributed by atoms with Gasteiger partial charge in [0.2, 0.25) is 10.0 Å². The summed E-state index contributed by atoms with van der Waals surface area (Å²) in [4.78, 5) is 27.8. The van der Waals surface area contributed by atoms with Gasteiger partial charge in [0.05, 0.1) is 42.3 Å². The Morgan fingerprint density at radius 1 is 1.10 bits per heavy atom. The van der Waals surface area contributed by atoms with Crippen molar-refractivity contribution in [1.29, 1.82) is 0 Å². The van der Waals surface area contributed by atoms with Gasteiger partial charge in [0.15, 0.2) is 0 Å². The number of esters is 1. The monoisotopic (exact) mass is 610 g/mol. The molecule has 0 aliphatic carbocycles. The molecule has 2 aliphatic rings. The number of sulfonamides is 1. The maximum Gasteiger partial charge on any atom is 0.340 e. The van der Waals surface area contributed by atoms with Gasteiger partial charge in [-0.3, -0.25) is 4.79 Å². The average molecular weight is 611 g/mol. The number of rotatable bonds is 10. The van der Waals surface area contributed by atoms with Crippen molar-refractivity contribution in [1.82, 2.24) is 9.21 Å². The van der Waals surface area contributed by atoms with Crippen LogP contribution in [-0.2, 0) is 42.2 Å². The summed E-state index contributed by atoms with van der Waals surface area (Å²) in [5, 5.41) is 0.429. The Hall–Kier alpha value is -3.70. The highest BCUT2D eigenvalue weighted by Gasteiger charge is 2.38. The zero-order chi connectivity index (χ0) is 29.9. The van der Waals surface area contributed by atoms with Crippen molar-refractivity contribution in [2.45, 2.75) is 43.9 Å². The lowest BCUT2D eigenvalue weighted by molar-refractivity contribution is -0.136. The molecule has 42 heavy (non-hydrogen) atoms. The molecule has 220 valence electrons. The molecule has 1 aromatic heterocycles. The Kier molecular flexibility index (Phi) is 8.98. The Bertz CT molecular complexity index is 1620. The average Bonchev–Trinajstić information content (AvgIpc) is 3.71. The number of furan rings is 1. The third kappa shape index (κ3) is 6.37. The van der Waals surface area contributed by atoms with Crippen LogP contribution in [-0.4, -0.2) is 55.9 Å². The van der Waals surface area contributed by atoms with E-state index in [1.807, 2.05) is 30.3 Å². The minimum Gasteiger partial charge on any atom is -0.465 e. The molecule has 0 spiro atoms. The summed E-state index contributed by atoms with van der Waals surface area (Å²) in [6.07, 6.45) is 3.15. The Morgan fingerprint density at radius 3 is 2.50 bits per heavy atom. The molecule has 1 atom stereocenters. The Labute approximate surface area is 250 Å². The Morgan fingerprint density at radius 2 is 1.83 bits per heavy atom. The molecule has 0 unspecified atom stereocenters. The number of amides is 1. The highest BCUT2D eigenvalue weighted by atomic mass is 35.5. The molecule has 11 heteroatoms. The molecule has 0 bridgehead atoms. The van der Waals surface area contributed by atoms with Crippen molar-refractivity contribution in [3.8, 4) is 0 Å². The summed E-state index contributed by atoms with van der Waals surface area (Å²) in [7, 11) is -2.66. The predicted octanol–water partition coefficient (Wildman–Crippen LogP) is 5.18. The minimum atomic E-state index is -3.93. The van der Waals surface area contributed by atoms with Crippen molar-refractivity contribution in [3.63, 3.8) is 0 Å². The standard InChI is InChI=1S/C31H31ClN2O7S/c1-21-29(31(36)39-2)28(30(35)34(21)20-25-9-6-16-40-25)17-24-12-13-26(41-24)19-33(18-22-7-4-3-5-8-22)42(37,38)27-14-10-23(32)11-15-27/h3-5,7-8,10-15,17,25H,6,9,16,18-20H2,1-2H3/b28-17+/t25-/m1/s1. The first-order chi connectivity index (χ1) is 20.2. The summed E-state index contributed by atoms with van der Waals surface area (Å²) in [6, 6.07) is 18.5. The topological polar surface area (TPSA) is 106 Å². The van der Waals surface area contributed by atoms with E-state index in [-0.39, 0.29) is 41.1 Å². The Balaban J connectivity index is 1.43. The van der Waals surface area contributed by atoms with Gasteiger partial charge in [0.25, 0.3) is 5.91 Å². The fourth-order valence-corrected chi connectivity index (χ4v) is 6.60. The quantitative estimate of drug-likeness (QED) is 0.230. The number of benzene rings is 2. The highest BCUT2D eigenvalue weighted by molar-refractivity contribution is 7.89. The van der Waals surface area contributed by atoms with Crippen LogP contribution in [0, 0.1) is 0 Å². The number of carbonyl (C=O) groups excluding carboxylic acids is 2. The fraction of sp³-hybridized carbons (Fsp3) is 0.290. The van der Waals surface area contributed by atoms with Gasteiger partial charge in [0, 0.05) is 23.9 Å². The first-order valence-electron chi connectivity index (χ1n) is 13.5. The molecule has 1 fully saturated rings. The molecule has 0 saturated carbocycles. The number of hydrogen-bond acceptors (Lipinski definition) is 7. The van der Waals surface area contributed by atoms with Crippen LogP contribution in [0.1, 0.15) is 36.8 Å². The van der Waals surface area contributed by atoms with Crippen molar-refractivity contribution in [3.05, 3.63) is 106 Å². The van der Waals surface area contributed by atoms with E-state index in [1.54, 1.807) is 19.1 Å². The van der Waals surface area contributed by atoms with Crippen molar-refractivity contribution in [2.75, 3.05) is 20.3 Å². The maximum atomic E-state index is 13.7. The summed E-state index contributed by atoms with van der Waals surface area (Å²) < 4.78 is 45.3. The zero-order valence-electron chi connectivity index (χ0n) is 23.3. The first-order valence-corrected chi connectivity index (χ1v) is 15.3. The van der Waals surface area contributed by atoms with Gasteiger partial charge in [-0.15, -0.1) is 0 Å². The summed E-state index contributed by atoms with van der Waals surface area (Å²) >= 11 is 5.99. The summed E-state index contributed by atoms with van der Waals surface area (Å²) in [6.45, 7) is 2.72. The minimum absolute atomic E-state index is 0.0686. The second-order valence-electron chi connectivity index (χ2n) is 10.1. The van der Waals surface area contributed by atoms with Crippen LogP contribution in [0.5, 0.6) is 0 Å². The normalized spacial score (nSPS) is 18.5. The van der Waals surface area contributed by atoms with E-state index in [0.29, 0.717) is 35.4 Å². The van der Waals surface area contributed by atoms with Crippen LogP contribution >= 0.6 is 11.6 Å². The molecule has 3 heterocycles. The van der Waals surface area contributed by atoms with Gasteiger partial charge in [-0.25, -0.2) is 13.2 Å². The van der Waals surface area contributed by atoms with Crippen LogP contribution < -0.4 is 0 Å². The van der Waals surface area contributed by atoms with E-state index in [2.05, 4.69) is 0 Å². The van der Waals surface area contributed by atoms with E-state index < -0.39 is 16.0 Å². The lowest BCUT2D eigenvalue weighted by Gasteiger charge is -2.21. The summed E-state index contributed by atoms with van der Waals surface area (Å²) in [5.41, 5.74) is 1.60. The lowest BCUT2D eigenvalue weighted by Crippen LogP contribution is -2.33. The van der Waals surface area contributed by atoms with E-state index in [1.165, 1.54) is 46.7 Å². The predicted molar refractivity (Wildman–Crippen MR) is 156 cm³/mol. The summed E-state index contributed by atoms with van der Waals surface area (Å²) in [5.74, 6) is -0.323. The number of carbonyl (C=O) groups is 2. The van der Waals surface area contributed by atoms with Crippen LogP contribution in [0.15, 0.2) is 92.9 Å². The fourth-order valence-electron chi connectivity index (χ4n) is 5.08. The van der Waals surface area contributed by atoms with Gasteiger partial charge in [-0.1, -0.05) is 41.9 Å². The molecular weight excluding hydrogens is 580 g/mol. The van der Waals surface area contributed by atoms with Crippen molar-refractivity contribution >= 4 is 39.6 Å². The second-order valence-corrected chi connectivity index (χ2v) is 12.5. The smallest absolute Gasteiger partial charge is 0.340 e. The number of allylic oxidation sites excluding steroid dienone is 1. The van der Waals surface area contributed by atoms with Crippen LogP contribution in [0.25, 0.3) is 6.08 Å². The van der Waals surface area contributed by atoms with Gasteiger partial charge < -0.3 is 18.8 Å². The largest absolute Gasteiger partial charge is 0.465 e. The van der Waals surface area contributed by atoms with Crippen molar-refractivity contribution in [2.24, 2.45) is 0 Å². The maximum absolute atomic E-state index is 13.7. The molecule has 0 radical (unpaired) electrons. The zero-order valence-corrected chi connectivity index (χ0v) is 24.9. The molecule has 5 rings (SSSR count). The molecule has 9 nitrogen and oxygen atoms in total. The van der Waals surface area contributed by atoms with Gasteiger partial charge in [-0.2, -0.15) is 4.31 Å². The van der Waals surface area contributed by atoms with Crippen LogP contribution in [0.3, 0.4) is 0 Å². The lowest BCUT2D eigenvalue weighted by atomic mass is 10.1. The number of hydrogen-bond donors (Lipinski definition) is 0. The second kappa shape index (κ2) is 12.7. The number of ether oxygens (including phenoxy) is 2. The van der Waals surface area contributed by atoms with Crippen LogP contribution in [0.4, 0.5) is 0 Å². The van der Waals surface area contributed by atoms with Gasteiger partial charge in [0.1, 0.15) is 11.5 Å². The van der Waals surface area contributed by atoms with E-state index in [9.17, 15) is 18.0 Å². The molecule has 2 aliphatic heterocycles. The number of nitrogens with zero attached hydrogens (tertiary/aromatic N) is 2. The van der Waals surface area contributed by atoms with Crippen LogP contribution in [0.2, 0.25) is 5.02 Å². The van der Waals surface area contributed by atoms with Crippen molar-refractivity contribution < 1.29 is 31.9 Å². The molecule has 0 N–H and O–H groups in total. The van der Waals surface area contributed by atoms with Gasteiger partial charge >= 0.3 is 5.97 Å². The van der Waals surface area contributed by atoms with E-state index >= 15 is 0 Å². The number of halogens is 1. The first kappa shape index (κ1) is 29.8. The molecule has 1 amide bonds. The molecular formula is C31H31ClN2O7S. The molecule has 2 aromatic carbocycles. The molecule has 1 saturated heterocycles. The SMILES string of the molecule is COC(=O)C1=C(C)N(C[C@H]2CCCO2)C(=O)/C1=C/c1ccc(CN(Cc2ccccc2)S(=O)(=O)c2ccc(Cl)cc2)o1. The number of methoxy groups -OCH3 is 1. The van der Waals surface area contributed by atoms with E-state index in [0.717, 1.165) is 18.4 Å². The van der Waals surface area contributed by atoms with Gasteiger partial charge in [-0.05, 0) is 67.8 Å². The van der Waals surface area contributed by atoms with E-state index in [4.69, 9.17) is 25.5 Å². The third-order valence-electron chi connectivity index (χ3n) is 7.27. The molecule has 3 aromatic rings. The third-order valence-corrected chi connectivity index (χ3v) is 9.32.